The minimum absolute atomic E-state index is 0.00818. The second kappa shape index (κ2) is 10.1. The Kier molecular flexibility index (Phi) is 7.06. The van der Waals surface area contributed by atoms with Crippen LogP contribution in [0, 0.1) is 5.92 Å². The SMILES string of the molecule is CCc1ccc(C2CC(NC(=O)Cc3ccccc3)CN(C(=O)C3CCCC3)C2)cc1. The number of nitrogens with one attached hydrogen (secondary N) is 1. The minimum Gasteiger partial charge on any atom is -0.351 e. The van der Waals surface area contributed by atoms with Gasteiger partial charge in [-0.2, -0.15) is 0 Å². The van der Waals surface area contributed by atoms with Crippen molar-refractivity contribution in [2.75, 3.05) is 13.1 Å². The lowest BCUT2D eigenvalue weighted by Gasteiger charge is -2.39. The number of aryl methyl sites for hydroxylation is 1. The largest absolute Gasteiger partial charge is 0.351 e. The summed E-state index contributed by atoms with van der Waals surface area (Å²) in [6, 6.07) is 18.6. The Hall–Kier alpha value is -2.62. The fourth-order valence-electron chi connectivity index (χ4n) is 5.14. The molecule has 2 aliphatic rings. The van der Waals surface area contributed by atoms with Gasteiger partial charge >= 0.3 is 0 Å². The Morgan fingerprint density at radius 2 is 1.65 bits per heavy atom. The maximum absolute atomic E-state index is 13.2. The third-order valence-electron chi connectivity index (χ3n) is 6.90. The summed E-state index contributed by atoms with van der Waals surface area (Å²) in [6.07, 6.45) is 6.61. The maximum atomic E-state index is 13.2. The second-order valence-electron chi connectivity index (χ2n) is 9.18. The maximum Gasteiger partial charge on any atom is 0.225 e. The van der Waals surface area contributed by atoms with Crippen molar-refractivity contribution in [2.45, 2.75) is 63.8 Å². The average Bonchev–Trinajstić information content (AvgIpc) is 3.34. The van der Waals surface area contributed by atoms with Crippen LogP contribution < -0.4 is 5.32 Å². The van der Waals surface area contributed by atoms with Crippen molar-refractivity contribution in [3.63, 3.8) is 0 Å². The van der Waals surface area contributed by atoms with Gasteiger partial charge in [-0.15, -0.1) is 0 Å². The summed E-state index contributed by atoms with van der Waals surface area (Å²) in [7, 11) is 0. The number of nitrogens with zero attached hydrogens (tertiary/aromatic N) is 1. The van der Waals surface area contributed by atoms with Gasteiger partial charge in [0.15, 0.2) is 0 Å². The molecule has 0 aromatic heterocycles. The monoisotopic (exact) mass is 418 g/mol. The van der Waals surface area contributed by atoms with Crippen LogP contribution in [0.25, 0.3) is 0 Å². The fraction of sp³-hybridized carbons (Fsp3) is 0.481. The van der Waals surface area contributed by atoms with Gasteiger partial charge in [0.25, 0.3) is 0 Å². The van der Waals surface area contributed by atoms with E-state index < -0.39 is 0 Å². The van der Waals surface area contributed by atoms with Crippen molar-refractivity contribution in [1.29, 1.82) is 0 Å². The van der Waals surface area contributed by atoms with Crippen LogP contribution in [-0.2, 0) is 22.4 Å². The van der Waals surface area contributed by atoms with E-state index in [0.717, 1.165) is 50.6 Å². The van der Waals surface area contributed by atoms with Crippen molar-refractivity contribution >= 4 is 11.8 Å². The summed E-state index contributed by atoms with van der Waals surface area (Å²) in [4.78, 5) is 28.0. The number of hydrogen-bond acceptors (Lipinski definition) is 2. The molecule has 31 heavy (non-hydrogen) atoms. The number of carbonyl (C=O) groups is 2. The number of carbonyl (C=O) groups excluding carboxylic acids is 2. The lowest BCUT2D eigenvalue weighted by atomic mass is 9.86. The van der Waals surface area contributed by atoms with Crippen LogP contribution >= 0.6 is 0 Å². The third-order valence-corrected chi connectivity index (χ3v) is 6.90. The van der Waals surface area contributed by atoms with E-state index in [1.807, 2.05) is 35.2 Å². The van der Waals surface area contributed by atoms with Gasteiger partial charge in [0.1, 0.15) is 0 Å². The molecule has 1 saturated carbocycles. The molecule has 2 aromatic rings. The Morgan fingerprint density at radius 3 is 2.32 bits per heavy atom. The molecule has 2 atom stereocenters. The predicted octanol–water partition coefficient (Wildman–Crippen LogP) is 4.48. The van der Waals surface area contributed by atoms with E-state index in [1.165, 1.54) is 11.1 Å². The van der Waals surface area contributed by atoms with Gasteiger partial charge in [-0.25, -0.2) is 0 Å². The first-order valence-corrected chi connectivity index (χ1v) is 11.8. The fourth-order valence-corrected chi connectivity index (χ4v) is 5.14. The Labute approximate surface area is 186 Å². The molecular formula is C27H34N2O2. The first-order valence-electron chi connectivity index (χ1n) is 11.8. The highest BCUT2D eigenvalue weighted by atomic mass is 16.2. The van der Waals surface area contributed by atoms with Gasteiger partial charge in [-0.3, -0.25) is 9.59 Å². The third kappa shape index (κ3) is 5.55. The summed E-state index contributed by atoms with van der Waals surface area (Å²) in [5.74, 6) is 0.745. The number of rotatable bonds is 6. The van der Waals surface area contributed by atoms with Crippen LogP contribution in [-0.4, -0.2) is 35.8 Å². The van der Waals surface area contributed by atoms with Crippen LogP contribution in [0.4, 0.5) is 0 Å². The lowest BCUT2D eigenvalue weighted by Crippen LogP contribution is -2.53. The van der Waals surface area contributed by atoms with E-state index in [9.17, 15) is 9.59 Å². The Balaban J connectivity index is 1.47. The number of amides is 2. The predicted molar refractivity (Wildman–Crippen MR) is 124 cm³/mol. The molecule has 2 fully saturated rings. The molecule has 1 aliphatic carbocycles. The summed E-state index contributed by atoms with van der Waals surface area (Å²) in [6.45, 7) is 3.54. The van der Waals surface area contributed by atoms with E-state index >= 15 is 0 Å². The van der Waals surface area contributed by atoms with Gasteiger partial charge in [-0.05, 0) is 42.4 Å². The highest BCUT2D eigenvalue weighted by Gasteiger charge is 2.35. The molecule has 4 nitrogen and oxygen atoms in total. The summed E-state index contributed by atoms with van der Waals surface area (Å²) >= 11 is 0. The molecule has 164 valence electrons. The molecule has 0 bridgehead atoms. The molecule has 1 N–H and O–H groups in total. The van der Waals surface area contributed by atoms with Crippen LogP contribution in [0.2, 0.25) is 0 Å². The second-order valence-corrected chi connectivity index (χ2v) is 9.18. The molecular weight excluding hydrogens is 384 g/mol. The molecule has 0 spiro atoms. The molecule has 2 amide bonds. The average molecular weight is 419 g/mol. The topological polar surface area (TPSA) is 49.4 Å². The molecule has 1 saturated heterocycles. The number of piperidine rings is 1. The van der Waals surface area contributed by atoms with Crippen molar-refractivity contribution in [3.05, 3.63) is 71.3 Å². The van der Waals surface area contributed by atoms with Crippen LogP contribution in [0.5, 0.6) is 0 Å². The van der Waals surface area contributed by atoms with Gasteiger partial charge in [0.2, 0.25) is 11.8 Å². The highest BCUT2D eigenvalue weighted by molar-refractivity contribution is 5.80. The zero-order chi connectivity index (χ0) is 21.6. The molecule has 2 unspecified atom stereocenters. The molecule has 0 radical (unpaired) electrons. The smallest absolute Gasteiger partial charge is 0.225 e. The first-order chi connectivity index (χ1) is 15.1. The molecule has 2 aromatic carbocycles. The van der Waals surface area contributed by atoms with E-state index in [0.29, 0.717) is 13.0 Å². The van der Waals surface area contributed by atoms with Crippen molar-refractivity contribution < 1.29 is 9.59 Å². The van der Waals surface area contributed by atoms with Crippen LogP contribution in [0.3, 0.4) is 0 Å². The molecule has 4 rings (SSSR count). The van der Waals surface area contributed by atoms with E-state index in [1.54, 1.807) is 0 Å². The van der Waals surface area contributed by atoms with E-state index in [2.05, 4.69) is 36.5 Å². The Bertz CT molecular complexity index is 872. The zero-order valence-corrected chi connectivity index (χ0v) is 18.6. The van der Waals surface area contributed by atoms with Crippen molar-refractivity contribution in [1.82, 2.24) is 10.2 Å². The van der Waals surface area contributed by atoms with Gasteiger partial charge in [-0.1, -0.05) is 74.4 Å². The summed E-state index contributed by atoms with van der Waals surface area (Å²) < 4.78 is 0. The molecule has 1 heterocycles. The summed E-state index contributed by atoms with van der Waals surface area (Å²) in [5.41, 5.74) is 3.61. The lowest BCUT2D eigenvalue weighted by molar-refractivity contribution is -0.137. The van der Waals surface area contributed by atoms with Gasteiger partial charge in [0, 0.05) is 31.0 Å². The molecule has 1 aliphatic heterocycles. The molecule has 4 heteroatoms. The number of hydrogen-bond donors (Lipinski definition) is 1. The van der Waals surface area contributed by atoms with Crippen LogP contribution in [0.1, 0.15) is 61.6 Å². The summed E-state index contributed by atoms with van der Waals surface area (Å²) in [5, 5.41) is 3.23. The number of benzene rings is 2. The van der Waals surface area contributed by atoms with E-state index in [-0.39, 0.29) is 29.7 Å². The first kappa shape index (κ1) is 21.6. The highest BCUT2D eigenvalue weighted by Crippen LogP contribution is 2.32. The van der Waals surface area contributed by atoms with Crippen molar-refractivity contribution in [2.24, 2.45) is 5.92 Å². The van der Waals surface area contributed by atoms with Gasteiger partial charge < -0.3 is 10.2 Å². The zero-order valence-electron chi connectivity index (χ0n) is 18.6. The quantitative estimate of drug-likeness (QED) is 0.752. The minimum atomic E-state index is -0.00818. The van der Waals surface area contributed by atoms with Crippen molar-refractivity contribution in [3.8, 4) is 0 Å². The van der Waals surface area contributed by atoms with Gasteiger partial charge in [0.05, 0.1) is 6.42 Å². The Morgan fingerprint density at radius 1 is 0.935 bits per heavy atom. The van der Waals surface area contributed by atoms with E-state index in [4.69, 9.17) is 0 Å². The number of likely N-dealkylation sites (tertiary alicyclic amines) is 1. The standard InChI is InChI=1S/C27H34N2O2/c1-2-20-12-14-22(15-13-20)24-17-25(28-26(30)16-21-8-4-3-5-9-21)19-29(18-24)27(31)23-10-6-7-11-23/h3-5,8-9,12-15,23-25H,2,6-7,10-11,16-19H2,1H3,(H,28,30). The normalized spacial score (nSPS) is 21.8. The van der Waals surface area contributed by atoms with Crippen LogP contribution in [0.15, 0.2) is 54.6 Å².